The highest BCUT2D eigenvalue weighted by Crippen LogP contribution is 2.34. The van der Waals surface area contributed by atoms with E-state index in [-0.39, 0.29) is 11.4 Å². The van der Waals surface area contributed by atoms with Crippen molar-refractivity contribution in [3.8, 4) is 5.88 Å². The van der Waals surface area contributed by atoms with Crippen LogP contribution in [0.1, 0.15) is 61.9 Å². The van der Waals surface area contributed by atoms with E-state index in [0.717, 1.165) is 60.7 Å². The van der Waals surface area contributed by atoms with E-state index in [1.807, 2.05) is 18.2 Å². The first kappa shape index (κ1) is 19.5. The number of unbranched alkanes of at least 4 members (excludes halogenated alkanes) is 4. The number of nitrogens with zero attached hydrogens (tertiary/aromatic N) is 1. The van der Waals surface area contributed by atoms with E-state index in [0.29, 0.717) is 13.1 Å². The van der Waals surface area contributed by atoms with Gasteiger partial charge in [-0.05, 0) is 24.5 Å². The molecule has 0 radical (unpaired) electrons. The number of hydrogen-bond donors (Lipinski definition) is 4. The van der Waals surface area contributed by atoms with Crippen LogP contribution >= 0.6 is 0 Å². The number of fused-ring (bicyclic) bond motifs is 3. The van der Waals surface area contributed by atoms with Crippen molar-refractivity contribution in [2.24, 2.45) is 0 Å². The Kier molecular flexibility index (Phi) is 5.58. The van der Waals surface area contributed by atoms with Gasteiger partial charge in [0.05, 0.1) is 6.04 Å². The topological polar surface area (TPSA) is 103 Å². The van der Waals surface area contributed by atoms with Crippen LogP contribution in [-0.4, -0.2) is 26.2 Å². The summed E-state index contributed by atoms with van der Waals surface area (Å²) in [5.74, 6) is -0.238. The third-order valence-corrected chi connectivity index (χ3v) is 5.84. The molecule has 3 heterocycles. The maximum absolute atomic E-state index is 12.7. The highest BCUT2D eigenvalue weighted by molar-refractivity contribution is 5.85. The van der Waals surface area contributed by atoms with Gasteiger partial charge in [0, 0.05) is 29.7 Å². The molecule has 2 aromatic heterocycles. The quantitative estimate of drug-likeness (QED) is 0.461. The number of hydrogen-bond acceptors (Lipinski definition) is 4. The molecule has 29 heavy (non-hydrogen) atoms. The number of benzene rings is 1. The van der Waals surface area contributed by atoms with Gasteiger partial charge in [0.2, 0.25) is 5.88 Å². The third-order valence-electron chi connectivity index (χ3n) is 5.84. The fourth-order valence-corrected chi connectivity index (χ4v) is 4.34. The molecule has 4 rings (SSSR count). The van der Waals surface area contributed by atoms with Crippen LogP contribution in [0.5, 0.6) is 5.88 Å². The van der Waals surface area contributed by atoms with Gasteiger partial charge in [0.15, 0.2) is 0 Å². The second kappa shape index (κ2) is 8.29. The van der Waals surface area contributed by atoms with Gasteiger partial charge in [0.1, 0.15) is 5.56 Å². The molecule has 0 spiro atoms. The molecular weight excluding hydrogens is 368 g/mol. The van der Waals surface area contributed by atoms with Crippen LogP contribution in [0.4, 0.5) is 0 Å². The molecule has 0 unspecified atom stereocenters. The third kappa shape index (κ3) is 3.62. The summed E-state index contributed by atoms with van der Waals surface area (Å²) in [6.07, 6.45) is 6.02. The van der Waals surface area contributed by atoms with Crippen molar-refractivity contribution in [3.63, 3.8) is 0 Å². The molecule has 154 valence electrons. The Hall–Kier alpha value is -2.80. The molecule has 7 nitrogen and oxygen atoms in total. The van der Waals surface area contributed by atoms with E-state index >= 15 is 0 Å². The van der Waals surface area contributed by atoms with E-state index in [4.69, 9.17) is 0 Å². The molecule has 0 fully saturated rings. The molecule has 1 atom stereocenters. The maximum atomic E-state index is 12.7. The SMILES string of the molecule is CCCCCCCn1c(O)c([C@H]2NCCc3c2[nH]c2ccccc32)c(=O)[nH]c1=O. The van der Waals surface area contributed by atoms with Crippen LogP contribution in [-0.2, 0) is 13.0 Å². The highest BCUT2D eigenvalue weighted by Gasteiger charge is 2.30. The van der Waals surface area contributed by atoms with Crippen LogP contribution in [0.2, 0.25) is 0 Å². The fraction of sp³-hybridized carbons (Fsp3) is 0.455. The summed E-state index contributed by atoms with van der Waals surface area (Å²) in [5.41, 5.74) is 2.14. The minimum Gasteiger partial charge on any atom is -0.494 e. The zero-order chi connectivity index (χ0) is 20.4. The summed E-state index contributed by atoms with van der Waals surface area (Å²) in [5, 5.41) is 15.4. The van der Waals surface area contributed by atoms with Gasteiger partial charge in [-0.25, -0.2) is 4.79 Å². The second-order valence-electron chi connectivity index (χ2n) is 7.76. The average Bonchev–Trinajstić information content (AvgIpc) is 3.09. The normalized spacial score (nSPS) is 16.2. The number of aromatic amines is 2. The van der Waals surface area contributed by atoms with E-state index in [2.05, 4.69) is 28.3 Å². The molecule has 1 aliphatic rings. The standard InChI is InChI=1S/C22H28N4O3/c1-2-3-4-5-8-13-26-21(28)17(20(27)25-22(26)29)19-18-15(11-12-23-19)14-9-6-7-10-16(14)24-18/h6-7,9-10,19,23-24,28H,2-5,8,11-13H2,1H3,(H,25,27,29)/t19-/m1/s1. The Morgan fingerprint density at radius 1 is 1.10 bits per heavy atom. The fourth-order valence-electron chi connectivity index (χ4n) is 4.34. The van der Waals surface area contributed by atoms with Crippen LogP contribution in [0.25, 0.3) is 10.9 Å². The Morgan fingerprint density at radius 3 is 2.72 bits per heavy atom. The van der Waals surface area contributed by atoms with Crippen molar-refractivity contribution in [2.45, 2.75) is 58.0 Å². The maximum Gasteiger partial charge on any atom is 0.331 e. The Bertz CT molecular complexity index is 1130. The molecule has 3 aromatic rings. The monoisotopic (exact) mass is 396 g/mol. The van der Waals surface area contributed by atoms with Crippen LogP contribution in [0, 0.1) is 0 Å². The highest BCUT2D eigenvalue weighted by atomic mass is 16.3. The lowest BCUT2D eigenvalue weighted by Gasteiger charge is -2.25. The van der Waals surface area contributed by atoms with Crippen molar-refractivity contribution >= 4 is 10.9 Å². The van der Waals surface area contributed by atoms with Crippen molar-refractivity contribution in [1.29, 1.82) is 0 Å². The predicted molar refractivity (Wildman–Crippen MR) is 114 cm³/mol. The number of H-pyrrole nitrogens is 2. The van der Waals surface area contributed by atoms with Crippen molar-refractivity contribution in [2.75, 3.05) is 6.54 Å². The molecule has 1 aromatic carbocycles. The van der Waals surface area contributed by atoms with Gasteiger partial charge < -0.3 is 15.4 Å². The average molecular weight is 396 g/mol. The summed E-state index contributed by atoms with van der Waals surface area (Å²) >= 11 is 0. The Balaban J connectivity index is 1.72. The lowest BCUT2D eigenvalue weighted by atomic mass is 9.95. The van der Waals surface area contributed by atoms with Gasteiger partial charge in [-0.15, -0.1) is 0 Å². The predicted octanol–water partition coefficient (Wildman–Crippen LogP) is 2.93. The molecule has 7 heteroatoms. The number of rotatable bonds is 7. The van der Waals surface area contributed by atoms with E-state index in [1.165, 1.54) is 4.57 Å². The van der Waals surface area contributed by atoms with E-state index in [9.17, 15) is 14.7 Å². The molecule has 1 aliphatic heterocycles. The number of aromatic nitrogens is 3. The lowest BCUT2D eigenvalue weighted by Crippen LogP contribution is -2.39. The number of para-hydroxylation sites is 1. The number of nitrogens with one attached hydrogen (secondary N) is 3. The minimum atomic E-state index is -0.556. The van der Waals surface area contributed by atoms with Gasteiger partial charge in [-0.1, -0.05) is 50.8 Å². The molecule has 4 N–H and O–H groups in total. The van der Waals surface area contributed by atoms with Crippen LogP contribution < -0.4 is 16.6 Å². The molecular formula is C22H28N4O3. The van der Waals surface area contributed by atoms with E-state index in [1.54, 1.807) is 0 Å². The molecule has 0 saturated carbocycles. The molecule has 0 saturated heterocycles. The molecule has 0 aliphatic carbocycles. The second-order valence-corrected chi connectivity index (χ2v) is 7.76. The lowest BCUT2D eigenvalue weighted by molar-refractivity contribution is 0.376. The van der Waals surface area contributed by atoms with Crippen molar-refractivity contribution in [3.05, 3.63) is 61.9 Å². The van der Waals surface area contributed by atoms with Gasteiger partial charge in [-0.3, -0.25) is 14.3 Å². The van der Waals surface area contributed by atoms with Gasteiger partial charge in [-0.2, -0.15) is 0 Å². The zero-order valence-electron chi connectivity index (χ0n) is 16.8. The smallest absolute Gasteiger partial charge is 0.331 e. The first-order valence-corrected chi connectivity index (χ1v) is 10.5. The first-order chi connectivity index (χ1) is 14.1. The zero-order valence-corrected chi connectivity index (χ0v) is 16.8. The largest absolute Gasteiger partial charge is 0.494 e. The molecule has 0 amide bonds. The molecule has 0 bridgehead atoms. The summed E-state index contributed by atoms with van der Waals surface area (Å²) in [4.78, 5) is 30.8. The summed E-state index contributed by atoms with van der Waals surface area (Å²) in [7, 11) is 0. The summed E-state index contributed by atoms with van der Waals surface area (Å²) < 4.78 is 1.29. The summed E-state index contributed by atoms with van der Waals surface area (Å²) in [6.45, 7) is 3.24. The van der Waals surface area contributed by atoms with Crippen LogP contribution in [0.15, 0.2) is 33.9 Å². The van der Waals surface area contributed by atoms with Gasteiger partial charge >= 0.3 is 5.69 Å². The van der Waals surface area contributed by atoms with Gasteiger partial charge in [0.25, 0.3) is 5.56 Å². The van der Waals surface area contributed by atoms with Crippen molar-refractivity contribution < 1.29 is 5.11 Å². The first-order valence-electron chi connectivity index (χ1n) is 10.5. The number of aromatic hydroxyl groups is 1. The minimum absolute atomic E-state index is 0.200. The Labute approximate surface area is 168 Å². The summed E-state index contributed by atoms with van der Waals surface area (Å²) in [6, 6.07) is 7.55. The Morgan fingerprint density at radius 2 is 1.90 bits per heavy atom. The van der Waals surface area contributed by atoms with Crippen LogP contribution in [0.3, 0.4) is 0 Å². The van der Waals surface area contributed by atoms with Crippen molar-refractivity contribution in [1.82, 2.24) is 19.9 Å². The van der Waals surface area contributed by atoms with E-state index < -0.39 is 17.3 Å².